The van der Waals surface area contributed by atoms with Crippen molar-refractivity contribution in [3.8, 4) is 5.75 Å². The molecule has 1 amide bonds. The van der Waals surface area contributed by atoms with Crippen LogP contribution < -0.4 is 10.1 Å². The van der Waals surface area contributed by atoms with Crippen molar-refractivity contribution in [1.82, 2.24) is 25.3 Å². The van der Waals surface area contributed by atoms with Gasteiger partial charge in [0.25, 0.3) is 5.91 Å². The zero-order chi connectivity index (χ0) is 23.0. The van der Waals surface area contributed by atoms with Gasteiger partial charge in [-0.3, -0.25) is 14.6 Å². The molecule has 174 valence electrons. The Kier molecular flexibility index (Phi) is 8.22. The molecular weight excluding hydrogens is 465 g/mol. The zero-order valence-electron chi connectivity index (χ0n) is 18.0. The smallest absolute Gasteiger partial charge is 0.282 e. The quantitative estimate of drug-likeness (QED) is 0.496. The van der Waals surface area contributed by atoms with Gasteiger partial charge in [-0.15, -0.1) is 10.2 Å². The van der Waals surface area contributed by atoms with Gasteiger partial charge in [-0.25, -0.2) is 4.39 Å². The Balaban J connectivity index is 1.16. The molecule has 1 N–H and O–H groups in total. The standard InChI is InChI=1S/C23H25ClFN5O2S/c24-18-3-7-20(8-4-18)32-14-13-29-9-11-30(12-10-29)16-21-27-28-23(33-21)22(31)26-15-17-1-5-19(25)6-2-17/h1-8H,9-16H2,(H,26,31). The summed E-state index contributed by atoms with van der Waals surface area (Å²) in [5.41, 5.74) is 0.825. The van der Waals surface area contributed by atoms with Gasteiger partial charge >= 0.3 is 0 Å². The molecule has 0 radical (unpaired) electrons. The van der Waals surface area contributed by atoms with Crippen molar-refractivity contribution < 1.29 is 13.9 Å². The summed E-state index contributed by atoms with van der Waals surface area (Å²) in [4.78, 5) is 17.0. The van der Waals surface area contributed by atoms with E-state index in [1.165, 1.54) is 23.5 Å². The molecule has 7 nitrogen and oxygen atoms in total. The summed E-state index contributed by atoms with van der Waals surface area (Å²) in [6.07, 6.45) is 0. The number of amides is 1. The van der Waals surface area contributed by atoms with Crippen molar-refractivity contribution in [3.05, 3.63) is 74.9 Å². The van der Waals surface area contributed by atoms with Gasteiger partial charge in [0.15, 0.2) is 0 Å². The third-order valence-corrected chi connectivity index (χ3v) is 6.50. The van der Waals surface area contributed by atoms with E-state index in [4.69, 9.17) is 16.3 Å². The van der Waals surface area contributed by atoms with E-state index in [0.29, 0.717) is 29.7 Å². The summed E-state index contributed by atoms with van der Waals surface area (Å²) >= 11 is 7.20. The van der Waals surface area contributed by atoms with Crippen LogP contribution in [0.5, 0.6) is 5.75 Å². The summed E-state index contributed by atoms with van der Waals surface area (Å²) in [6, 6.07) is 13.4. The molecule has 0 saturated carbocycles. The average Bonchev–Trinajstić information content (AvgIpc) is 3.29. The van der Waals surface area contributed by atoms with Gasteiger partial charge in [0, 0.05) is 44.3 Å². The molecule has 3 aromatic rings. The maximum absolute atomic E-state index is 13.0. The van der Waals surface area contributed by atoms with Gasteiger partial charge in [-0.2, -0.15) is 0 Å². The number of hydrogen-bond donors (Lipinski definition) is 1. The average molecular weight is 490 g/mol. The number of hydrogen-bond acceptors (Lipinski definition) is 7. The Morgan fingerprint density at radius 2 is 1.73 bits per heavy atom. The number of nitrogens with zero attached hydrogens (tertiary/aromatic N) is 4. The summed E-state index contributed by atoms with van der Waals surface area (Å²) in [7, 11) is 0. The number of carbonyl (C=O) groups is 1. The maximum atomic E-state index is 13.0. The molecule has 1 fully saturated rings. The van der Waals surface area contributed by atoms with Gasteiger partial charge < -0.3 is 10.1 Å². The first-order chi connectivity index (χ1) is 16.0. The van der Waals surface area contributed by atoms with Gasteiger partial charge in [-0.05, 0) is 42.0 Å². The lowest BCUT2D eigenvalue weighted by molar-refractivity contribution is 0.0949. The largest absolute Gasteiger partial charge is 0.492 e. The number of carbonyl (C=O) groups excluding carboxylic acids is 1. The molecule has 0 spiro atoms. The monoisotopic (exact) mass is 489 g/mol. The van der Waals surface area contributed by atoms with Crippen molar-refractivity contribution >= 4 is 28.8 Å². The fraction of sp³-hybridized carbons (Fsp3) is 0.348. The number of piperazine rings is 1. The van der Waals surface area contributed by atoms with Gasteiger partial charge in [0.1, 0.15) is 23.2 Å². The van der Waals surface area contributed by atoms with Crippen LogP contribution in [0.2, 0.25) is 5.02 Å². The summed E-state index contributed by atoms with van der Waals surface area (Å²) in [5.74, 6) is 0.256. The van der Waals surface area contributed by atoms with Gasteiger partial charge in [0.2, 0.25) is 5.01 Å². The van der Waals surface area contributed by atoms with Crippen LogP contribution in [0.1, 0.15) is 20.4 Å². The van der Waals surface area contributed by atoms with Crippen molar-refractivity contribution in [2.45, 2.75) is 13.1 Å². The molecule has 0 atom stereocenters. The fourth-order valence-electron chi connectivity index (χ4n) is 3.46. The summed E-state index contributed by atoms with van der Waals surface area (Å²) in [5, 5.41) is 12.9. The van der Waals surface area contributed by atoms with Crippen LogP contribution in [0.4, 0.5) is 4.39 Å². The molecule has 33 heavy (non-hydrogen) atoms. The highest BCUT2D eigenvalue weighted by molar-refractivity contribution is 7.13. The van der Waals surface area contributed by atoms with Crippen molar-refractivity contribution in [1.29, 1.82) is 0 Å². The molecular formula is C23H25ClFN5O2S. The van der Waals surface area contributed by atoms with Crippen LogP contribution >= 0.6 is 22.9 Å². The van der Waals surface area contributed by atoms with E-state index in [0.717, 1.165) is 49.0 Å². The topological polar surface area (TPSA) is 70.6 Å². The molecule has 1 aromatic heterocycles. The first-order valence-electron chi connectivity index (χ1n) is 10.7. The van der Waals surface area contributed by atoms with Gasteiger partial charge in [0.05, 0.1) is 6.54 Å². The molecule has 4 rings (SSSR count). The van der Waals surface area contributed by atoms with Crippen LogP contribution in [0.3, 0.4) is 0 Å². The van der Waals surface area contributed by atoms with Gasteiger partial charge in [-0.1, -0.05) is 35.1 Å². The van der Waals surface area contributed by atoms with E-state index in [9.17, 15) is 9.18 Å². The molecule has 2 heterocycles. The number of aromatic nitrogens is 2. The minimum Gasteiger partial charge on any atom is -0.492 e. The molecule has 0 bridgehead atoms. The lowest BCUT2D eigenvalue weighted by Gasteiger charge is -2.34. The second kappa shape index (κ2) is 11.5. The molecule has 0 unspecified atom stereocenters. The predicted octanol–water partition coefficient (Wildman–Crippen LogP) is 3.46. The van der Waals surface area contributed by atoms with E-state index in [1.807, 2.05) is 24.3 Å². The molecule has 0 aliphatic carbocycles. The molecule has 10 heteroatoms. The number of benzene rings is 2. The Morgan fingerprint density at radius 1 is 1.03 bits per heavy atom. The minimum absolute atomic E-state index is 0.270. The minimum atomic E-state index is -0.300. The normalized spacial score (nSPS) is 14.8. The molecule has 1 aliphatic heterocycles. The molecule has 2 aromatic carbocycles. The first kappa shape index (κ1) is 23.6. The molecule has 1 saturated heterocycles. The van der Waals surface area contributed by atoms with E-state index >= 15 is 0 Å². The van der Waals surface area contributed by atoms with Crippen LogP contribution in [0, 0.1) is 5.82 Å². The number of nitrogens with one attached hydrogen (secondary N) is 1. The van der Waals surface area contributed by atoms with Crippen LogP contribution in [0.25, 0.3) is 0 Å². The van der Waals surface area contributed by atoms with Crippen LogP contribution in [-0.2, 0) is 13.1 Å². The Morgan fingerprint density at radius 3 is 2.45 bits per heavy atom. The third-order valence-electron chi connectivity index (χ3n) is 5.34. The lowest BCUT2D eigenvalue weighted by Crippen LogP contribution is -2.47. The van der Waals surface area contributed by atoms with Crippen molar-refractivity contribution in [2.24, 2.45) is 0 Å². The van der Waals surface area contributed by atoms with E-state index < -0.39 is 0 Å². The second-order valence-corrected chi connectivity index (χ2v) is 9.23. The Labute approximate surface area is 201 Å². The third kappa shape index (κ3) is 7.20. The van der Waals surface area contributed by atoms with Crippen molar-refractivity contribution in [2.75, 3.05) is 39.3 Å². The number of halogens is 2. The second-order valence-electron chi connectivity index (χ2n) is 7.73. The van der Waals surface area contributed by atoms with Crippen molar-refractivity contribution in [3.63, 3.8) is 0 Å². The van der Waals surface area contributed by atoms with E-state index in [-0.39, 0.29) is 11.7 Å². The first-order valence-corrected chi connectivity index (χ1v) is 11.9. The predicted molar refractivity (Wildman–Crippen MR) is 126 cm³/mol. The van der Waals surface area contributed by atoms with Crippen LogP contribution in [0.15, 0.2) is 48.5 Å². The Bertz CT molecular complexity index is 1040. The highest BCUT2D eigenvalue weighted by Crippen LogP contribution is 2.16. The highest BCUT2D eigenvalue weighted by Gasteiger charge is 2.19. The number of ether oxygens (including phenoxy) is 1. The fourth-order valence-corrected chi connectivity index (χ4v) is 4.38. The zero-order valence-corrected chi connectivity index (χ0v) is 19.6. The maximum Gasteiger partial charge on any atom is 0.282 e. The van der Waals surface area contributed by atoms with Crippen LogP contribution in [-0.4, -0.2) is 65.2 Å². The molecule has 1 aliphatic rings. The van der Waals surface area contributed by atoms with E-state index in [2.05, 4.69) is 25.3 Å². The number of rotatable bonds is 9. The SMILES string of the molecule is O=C(NCc1ccc(F)cc1)c1nnc(CN2CCN(CCOc3ccc(Cl)cc3)CC2)s1. The summed E-state index contributed by atoms with van der Waals surface area (Å²) < 4.78 is 18.8. The Hall–Kier alpha value is -2.59. The highest BCUT2D eigenvalue weighted by atomic mass is 35.5. The summed E-state index contributed by atoms with van der Waals surface area (Å²) in [6.45, 7) is 6.25. The lowest BCUT2D eigenvalue weighted by atomic mass is 10.2. The van der Waals surface area contributed by atoms with E-state index in [1.54, 1.807) is 12.1 Å².